The van der Waals surface area contributed by atoms with E-state index < -0.39 is 0 Å². The van der Waals surface area contributed by atoms with Gasteiger partial charge < -0.3 is 4.74 Å². The first kappa shape index (κ1) is 16.6. The Balaban J connectivity index is 1.67. The number of hydrogen-bond acceptors (Lipinski definition) is 6. The normalized spacial score (nSPS) is 10.7. The van der Waals surface area contributed by atoms with Crippen molar-refractivity contribution in [2.45, 2.75) is 18.6 Å². The first-order chi connectivity index (χ1) is 11.7. The van der Waals surface area contributed by atoms with Gasteiger partial charge in [-0.1, -0.05) is 17.8 Å². The summed E-state index contributed by atoms with van der Waals surface area (Å²) < 4.78 is 8.06. The van der Waals surface area contributed by atoms with E-state index in [4.69, 9.17) is 10.00 Å². The predicted molar refractivity (Wildman–Crippen MR) is 96.9 cm³/mol. The minimum Gasteiger partial charge on any atom is -0.493 e. The number of ether oxygens (including phenoxy) is 1. The summed E-state index contributed by atoms with van der Waals surface area (Å²) in [7, 11) is 0. The highest BCUT2D eigenvalue weighted by atomic mass is 32.2. The summed E-state index contributed by atoms with van der Waals surface area (Å²) >= 11 is 2.92. The number of thiophene rings is 1. The molecule has 1 aromatic carbocycles. The highest BCUT2D eigenvalue weighted by molar-refractivity contribution is 7.99. The molecule has 122 valence electrons. The summed E-state index contributed by atoms with van der Waals surface area (Å²) in [4.78, 5) is 17.0. The first-order valence-corrected chi connectivity index (χ1v) is 9.33. The Bertz CT molecular complexity index is 956. The molecule has 0 unspecified atom stereocenters. The van der Waals surface area contributed by atoms with Crippen molar-refractivity contribution < 1.29 is 4.74 Å². The SMILES string of the molecule is CCn1c(SCCOc2cccc(C#N)c2)nc2ccsc2c1=O. The second kappa shape index (κ2) is 7.51. The van der Waals surface area contributed by atoms with Crippen molar-refractivity contribution in [3.8, 4) is 11.8 Å². The van der Waals surface area contributed by atoms with Gasteiger partial charge in [-0.2, -0.15) is 5.26 Å². The Labute approximate surface area is 147 Å². The standard InChI is InChI=1S/C17H15N3O2S2/c1-2-20-16(21)15-14(6-8-23-15)19-17(20)24-9-7-22-13-5-3-4-12(10-13)11-18/h3-6,8,10H,2,7,9H2,1H3. The molecule has 0 amide bonds. The molecule has 24 heavy (non-hydrogen) atoms. The third-order valence-corrected chi connectivity index (χ3v) is 5.23. The topological polar surface area (TPSA) is 67.9 Å². The number of nitrogens with zero attached hydrogens (tertiary/aromatic N) is 3. The number of nitriles is 1. The summed E-state index contributed by atoms with van der Waals surface area (Å²) in [6.07, 6.45) is 0. The Morgan fingerprint density at radius 2 is 2.29 bits per heavy atom. The molecule has 0 spiro atoms. The van der Waals surface area contributed by atoms with Crippen molar-refractivity contribution in [3.63, 3.8) is 0 Å². The van der Waals surface area contributed by atoms with Gasteiger partial charge in [0.25, 0.3) is 5.56 Å². The maximum absolute atomic E-state index is 12.4. The Morgan fingerprint density at radius 3 is 3.08 bits per heavy atom. The van der Waals surface area contributed by atoms with Crippen LogP contribution in [0, 0.1) is 11.3 Å². The van der Waals surface area contributed by atoms with Crippen LogP contribution in [-0.2, 0) is 6.54 Å². The van der Waals surface area contributed by atoms with E-state index in [-0.39, 0.29) is 5.56 Å². The molecular weight excluding hydrogens is 342 g/mol. The van der Waals surface area contributed by atoms with Gasteiger partial charge in [0.1, 0.15) is 10.4 Å². The fourth-order valence-corrected chi connectivity index (χ4v) is 3.92. The van der Waals surface area contributed by atoms with Crippen LogP contribution in [0.25, 0.3) is 10.2 Å². The molecule has 0 saturated carbocycles. The van der Waals surface area contributed by atoms with Crippen molar-refractivity contribution in [3.05, 3.63) is 51.6 Å². The predicted octanol–water partition coefficient (Wildman–Crippen LogP) is 3.52. The molecule has 0 bridgehead atoms. The fraction of sp³-hybridized carbons (Fsp3) is 0.235. The second-order valence-corrected chi connectivity index (χ2v) is 6.89. The lowest BCUT2D eigenvalue weighted by molar-refractivity contribution is 0.343. The Hall–Kier alpha value is -2.30. The quantitative estimate of drug-likeness (QED) is 0.384. The molecule has 0 aliphatic heterocycles. The summed E-state index contributed by atoms with van der Waals surface area (Å²) in [5.41, 5.74) is 1.34. The molecule has 0 atom stereocenters. The molecule has 0 aliphatic carbocycles. The van der Waals surface area contributed by atoms with Crippen LogP contribution in [0.4, 0.5) is 0 Å². The van der Waals surface area contributed by atoms with E-state index in [2.05, 4.69) is 11.1 Å². The third kappa shape index (κ3) is 3.45. The van der Waals surface area contributed by atoms with E-state index in [1.807, 2.05) is 24.4 Å². The lowest BCUT2D eigenvalue weighted by atomic mass is 10.2. The number of aromatic nitrogens is 2. The smallest absolute Gasteiger partial charge is 0.272 e. The average Bonchev–Trinajstić information content (AvgIpc) is 3.08. The van der Waals surface area contributed by atoms with Gasteiger partial charge in [0.15, 0.2) is 5.16 Å². The zero-order valence-corrected chi connectivity index (χ0v) is 14.7. The van der Waals surface area contributed by atoms with Gasteiger partial charge in [0.2, 0.25) is 0 Å². The van der Waals surface area contributed by atoms with Crippen LogP contribution in [0.15, 0.2) is 45.7 Å². The van der Waals surface area contributed by atoms with E-state index in [9.17, 15) is 4.79 Å². The van der Waals surface area contributed by atoms with Crippen molar-refractivity contribution in [1.82, 2.24) is 9.55 Å². The van der Waals surface area contributed by atoms with Crippen LogP contribution in [0.1, 0.15) is 12.5 Å². The van der Waals surface area contributed by atoms with Gasteiger partial charge in [-0.05, 0) is 36.6 Å². The number of fused-ring (bicyclic) bond motifs is 1. The van der Waals surface area contributed by atoms with Crippen molar-refractivity contribution in [2.75, 3.05) is 12.4 Å². The van der Waals surface area contributed by atoms with Crippen LogP contribution in [0.2, 0.25) is 0 Å². The van der Waals surface area contributed by atoms with Crippen LogP contribution in [-0.4, -0.2) is 21.9 Å². The Morgan fingerprint density at radius 1 is 1.42 bits per heavy atom. The van der Waals surface area contributed by atoms with Gasteiger partial charge >= 0.3 is 0 Å². The highest BCUT2D eigenvalue weighted by Gasteiger charge is 2.11. The van der Waals surface area contributed by atoms with Crippen LogP contribution in [0.3, 0.4) is 0 Å². The van der Waals surface area contributed by atoms with E-state index in [0.717, 1.165) is 5.52 Å². The number of thioether (sulfide) groups is 1. The highest BCUT2D eigenvalue weighted by Crippen LogP contribution is 2.21. The van der Waals surface area contributed by atoms with Crippen molar-refractivity contribution in [1.29, 1.82) is 5.26 Å². The molecular formula is C17H15N3O2S2. The van der Waals surface area contributed by atoms with Gasteiger partial charge in [0, 0.05) is 12.3 Å². The van der Waals surface area contributed by atoms with Crippen LogP contribution < -0.4 is 10.3 Å². The summed E-state index contributed by atoms with van der Waals surface area (Å²) in [6, 6.07) is 11.0. The lowest BCUT2D eigenvalue weighted by Crippen LogP contribution is -2.21. The Kier molecular flexibility index (Phi) is 5.18. The van der Waals surface area contributed by atoms with Crippen LogP contribution >= 0.6 is 23.1 Å². The average molecular weight is 357 g/mol. The molecule has 7 heteroatoms. The van der Waals surface area contributed by atoms with Crippen molar-refractivity contribution in [2.24, 2.45) is 0 Å². The molecule has 5 nitrogen and oxygen atoms in total. The van der Waals surface area contributed by atoms with Gasteiger partial charge in [-0.15, -0.1) is 11.3 Å². The zero-order chi connectivity index (χ0) is 16.9. The number of rotatable bonds is 6. The van der Waals surface area contributed by atoms with E-state index in [1.165, 1.54) is 23.1 Å². The summed E-state index contributed by atoms with van der Waals surface area (Å²) in [5, 5.41) is 11.5. The van der Waals surface area contributed by atoms with Gasteiger partial charge in [0.05, 0.1) is 23.8 Å². The minimum absolute atomic E-state index is 0.0163. The lowest BCUT2D eigenvalue weighted by Gasteiger charge is -2.10. The maximum Gasteiger partial charge on any atom is 0.272 e. The molecule has 0 radical (unpaired) electrons. The van der Waals surface area contributed by atoms with E-state index in [0.29, 0.717) is 40.1 Å². The zero-order valence-electron chi connectivity index (χ0n) is 13.1. The van der Waals surface area contributed by atoms with Gasteiger partial charge in [-0.3, -0.25) is 9.36 Å². The van der Waals surface area contributed by atoms with Gasteiger partial charge in [-0.25, -0.2) is 4.98 Å². The van der Waals surface area contributed by atoms with Crippen LogP contribution in [0.5, 0.6) is 5.75 Å². The monoisotopic (exact) mass is 357 g/mol. The third-order valence-electron chi connectivity index (χ3n) is 3.39. The molecule has 0 fully saturated rings. The van der Waals surface area contributed by atoms with Crippen molar-refractivity contribution >= 4 is 33.3 Å². The summed E-state index contributed by atoms with van der Waals surface area (Å²) in [6.45, 7) is 3.00. The fourth-order valence-electron chi connectivity index (χ4n) is 2.26. The first-order valence-electron chi connectivity index (χ1n) is 7.46. The molecule has 0 aliphatic rings. The minimum atomic E-state index is 0.0163. The summed E-state index contributed by atoms with van der Waals surface area (Å²) in [5.74, 6) is 1.34. The second-order valence-electron chi connectivity index (χ2n) is 4.92. The number of benzene rings is 1. The number of hydrogen-bond donors (Lipinski definition) is 0. The molecule has 0 N–H and O–H groups in total. The maximum atomic E-state index is 12.4. The van der Waals surface area contributed by atoms with E-state index >= 15 is 0 Å². The van der Waals surface area contributed by atoms with E-state index in [1.54, 1.807) is 22.8 Å². The molecule has 2 aromatic heterocycles. The largest absolute Gasteiger partial charge is 0.493 e. The molecule has 2 heterocycles. The molecule has 3 rings (SSSR count). The molecule has 0 saturated heterocycles. The molecule has 3 aromatic rings.